The lowest BCUT2D eigenvalue weighted by Crippen LogP contribution is -2.49. The van der Waals surface area contributed by atoms with Gasteiger partial charge in [-0.3, -0.25) is 14.4 Å². The van der Waals surface area contributed by atoms with Gasteiger partial charge in [-0.05, 0) is 41.3 Å². The molecule has 0 radical (unpaired) electrons. The minimum atomic E-state index is -3.66. The summed E-state index contributed by atoms with van der Waals surface area (Å²) in [4.78, 5) is 37.1. The summed E-state index contributed by atoms with van der Waals surface area (Å²) in [7, 11) is -3.66. The lowest BCUT2D eigenvalue weighted by atomic mass is 9.96. The van der Waals surface area contributed by atoms with Gasteiger partial charge in [-0.2, -0.15) is 4.31 Å². The first-order valence-electron chi connectivity index (χ1n) is 10.7. The maximum Gasteiger partial charge on any atom is 0.325 e. The maximum atomic E-state index is 12.7. The number of amides is 1. The number of benzene rings is 2. The Labute approximate surface area is 194 Å². The van der Waals surface area contributed by atoms with E-state index in [0.29, 0.717) is 17.7 Å². The molecule has 0 bridgehead atoms. The number of ketones is 1. The van der Waals surface area contributed by atoms with Crippen LogP contribution in [0.3, 0.4) is 0 Å². The van der Waals surface area contributed by atoms with E-state index in [1.54, 1.807) is 24.3 Å². The van der Waals surface area contributed by atoms with Crippen molar-refractivity contribution >= 4 is 33.4 Å². The Morgan fingerprint density at radius 2 is 1.70 bits per heavy atom. The summed E-state index contributed by atoms with van der Waals surface area (Å²) in [5.74, 6) is -1.06. The minimum absolute atomic E-state index is 0.0761. The summed E-state index contributed by atoms with van der Waals surface area (Å²) in [6.07, 6.45) is 1.63. The van der Waals surface area contributed by atoms with E-state index in [1.807, 2.05) is 38.1 Å². The fraction of sp³-hybridized carbons (Fsp3) is 0.375. The van der Waals surface area contributed by atoms with Crippen LogP contribution in [0.4, 0.5) is 5.69 Å². The van der Waals surface area contributed by atoms with Crippen molar-refractivity contribution in [1.82, 2.24) is 4.31 Å². The Balaban J connectivity index is 1.62. The lowest BCUT2D eigenvalue weighted by molar-refractivity contribution is -0.147. The van der Waals surface area contributed by atoms with Crippen molar-refractivity contribution in [3.63, 3.8) is 0 Å². The summed E-state index contributed by atoms with van der Waals surface area (Å²) in [6, 6.07) is 12.6. The Hall–Kier alpha value is -3.04. The van der Waals surface area contributed by atoms with Crippen LogP contribution in [0.25, 0.3) is 0 Å². The van der Waals surface area contributed by atoms with Gasteiger partial charge in [0.1, 0.15) is 6.04 Å². The van der Waals surface area contributed by atoms with Crippen molar-refractivity contribution in [2.45, 2.75) is 39.3 Å². The number of nitrogens with zero attached hydrogens (tertiary/aromatic N) is 1. The van der Waals surface area contributed by atoms with E-state index in [9.17, 15) is 22.8 Å². The van der Waals surface area contributed by atoms with Gasteiger partial charge in [-0.25, -0.2) is 8.42 Å². The van der Waals surface area contributed by atoms with Crippen LogP contribution in [0, 0.1) is 5.92 Å². The highest BCUT2D eigenvalue weighted by molar-refractivity contribution is 7.88. The van der Waals surface area contributed by atoms with Crippen molar-refractivity contribution in [3.8, 4) is 0 Å². The molecule has 0 spiro atoms. The molecule has 1 aliphatic heterocycles. The molecule has 2 aromatic carbocycles. The molecule has 0 unspecified atom stereocenters. The first-order chi connectivity index (χ1) is 15.5. The third-order valence-corrected chi connectivity index (χ3v) is 6.57. The fourth-order valence-electron chi connectivity index (χ4n) is 3.69. The molecule has 0 saturated carbocycles. The second kappa shape index (κ2) is 10.3. The summed E-state index contributed by atoms with van der Waals surface area (Å²) in [5, 5.41) is 2.76. The second-order valence-electron chi connectivity index (χ2n) is 8.55. The van der Waals surface area contributed by atoms with E-state index in [1.165, 1.54) is 0 Å². The van der Waals surface area contributed by atoms with Crippen molar-refractivity contribution in [2.75, 3.05) is 18.2 Å². The van der Waals surface area contributed by atoms with E-state index in [-0.39, 0.29) is 24.8 Å². The standard InChI is InChI=1S/C24H28N2O6S/c1-16(2)12-23(28)25-20-10-8-17(9-11-20)22(27)15-32-24(29)21-13-18-6-4-5-7-19(18)14-26(21)33(3,30)31/h4-11,16,21H,12-15H2,1-3H3,(H,25,28)/t21-/m0/s1. The maximum absolute atomic E-state index is 12.7. The van der Waals surface area contributed by atoms with Crippen LogP contribution in [0.2, 0.25) is 0 Å². The molecule has 1 atom stereocenters. The Kier molecular flexibility index (Phi) is 7.65. The number of anilines is 1. The molecule has 176 valence electrons. The highest BCUT2D eigenvalue weighted by Gasteiger charge is 2.38. The minimum Gasteiger partial charge on any atom is -0.456 e. The van der Waals surface area contributed by atoms with E-state index >= 15 is 0 Å². The van der Waals surface area contributed by atoms with Gasteiger partial charge < -0.3 is 10.1 Å². The quantitative estimate of drug-likeness (QED) is 0.467. The number of sulfonamides is 1. The SMILES string of the molecule is CC(C)CC(=O)Nc1ccc(C(=O)COC(=O)[C@@H]2Cc3ccccc3CN2S(C)(=O)=O)cc1. The molecule has 1 aliphatic rings. The molecular formula is C24H28N2O6S. The van der Waals surface area contributed by atoms with Gasteiger partial charge in [0, 0.05) is 30.6 Å². The van der Waals surface area contributed by atoms with Crippen LogP contribution in [0.5, 0.6) is 0 Å². The zero-order valence-corrected chi connectivity index (χ0v) is 19.7. The number of hydrogen-bond donors (Lipinski definition) is 1. The number of carbonyl (C=O) groups is 3. The predicted octanol–water partition coefficient (Wildman–Crippen LogP) is 2.78. The highest BCUT2D eigenvalue weighted by Crippen LogP contribution is 2.26. The van der Waals surface area contributed by atoms with E-state index < -0.39 is 34.4 Å². The number of esters is 1. The van der Waals surface area contributed by atoms with Crippen molar-refractivity contribution in [2.24, 2.45) is 5.92 Å². The van der Waals surface area contributed by atoms with Gasteiger partial charge in [-0.15, -0.1) is 0 Å². The summed E-state index contributed by atoms with van der Waals surface area (Å²) >= 11 is 0. The van der Waals surface area contributed by atoms with Gasteiger partial charge in [-0.1, -0.05) is 38.1 Å². The van der Waals surface area contributed by atoms with E-state index in [4.69, 9.17) is 4.74 Å². The average molecular weight is 473 g/mol. The molecule has 8 nitrogen and oxygen atoms in total. The summed E-state index contributed by atoms with van der Waals surface area (Å²) < 4.78 is 30.8. The molecule has 3 rings (SSSR count). The molecule has 33 heavy (non-hydrogen) atoms. The lowest BCUT2D eigenvalue weighted by Gasteiger charge is -2.33. The number of nitrogens with one attached hydrogen (secondary N) is 1. The first kappa shape index (κ1) is 24.6. The molecule has 1 heterocycles. The van der Waals surface area contributed by atoms with Crippen LogP contribution >= 0.6 is 0 Å². The number of hydrogen-bond acceptors (Lipinski definition) is 6. The van der Waals surface area contributed by atoms with E-state index in [2.05, 4.69) is 5.32 Å². The van der Waals surface area contributed by atoms with Crippen LogP contribution in [0.15, 0.2) is 48.5 Å². The fourth-order valence-corrected chi connectivity index (χ4v) is 4.68. The molecular weight excluding hydrogens is 444 g/mol. The van der Waals surface area contributed by atoms with Crippen molar-refractivity contribution in [1.29, 1.82) is 0 Å². The monoisotopic (exact) mass is 472 g/mol. The van der Waals surface area contributed by atoms with Crippen LogP contribution < -0.4 is 5.32 Å². The topological polar surface area (TPSA) is 110 Å². The molecule has 2 aromatic rings. The predicted molar refractivity (Wildman–Crippen MR) is 124 cm³/mol. The normalized spacial score (nSPS) is 16.2. The van der Waals surface area contributed by atoms with E-state index in [0.717, 1.165) is 21.7 Å². The van der Waals surface area contributed by atoms with Gasteiger partial charge in [0.15, 0.2) is 12.4 Å². The molecule has 0 aliphatic carbocycles. The van der Waals surface area contributed by atoms with Crippen molar-refractivity contribution in [3.05, 3.63) is 65.2 Å². The molecule has 9 heteroatoms. The number of ether oxygens (including phenoxy) is 1. The second-order valence-corrected chi connectivity index (χ2v) is 10.5. The van der Waals surface area contributed by atoms with Crippen molar-refractivity contribution < 1.29 is 27.5 Å². The van der Waals surface area contributed by atoms with Crippen LogP contribution in [-0.4, -0.2) is 49.3 Å². The molecule has 0 fully saturated rings. The smallest absolute Gasteiger partial charge is 0.325 e. The van der Waals surface area contributed by atoms with Crippen LogP contribution in [-0.2, 0) is 37.3 Å². The van der Waals surface area contributed by atoms with Gasteiger partial charge in [0.25, 0.3) is 0 Å². The van der Waals surface area contributed by atoms with Crippen LogP contribution in [0.1, 0.15) is 41.8 Å². The average Bonchev–Trinajstić information content (AvgIpc) is 2.75. The largest absolute Gasteiger partial charge is 0.456 e. The Bertz CT molecular complexity index is 1140. The number of Topliss-reactive ketones (excluding diaryl/α,β-unsaturated/α-hetero) is 1. The highest BCUT2D eigenvalue weighted by atomic mass is 32.2. The molecule has 0 aromatic heterocycles. The first-order valence-corrected chi connectivity index (χ1v) is 12.5. The molecule has 1 amide bonds. The van der Waals surface area contributed by atoms with Gasteiger partial charge in [0.05, 0.1) is 6.26 Å². The molecule has 1 N–H and O–H groups in total. The number of fused-ring (bicyclic) bond motifs is 1. The van der Waals surface area contributed by atoms with Gasteiger partial charge in [0.2, 0.25) is 15.9 Å². The van der Waals surface area contributed by atoms with Gasteiger partial charge >= 0.3 is 5.97 Å². The molecule has 0 saturated heterocycles. The third kappa shape index (κ3) is 6.49. The summed E-state index contributed by atoms with van der Waals surface area (Å²) in [5.41, 5.74) is 2.60. The number of rotatable bonds is 8. The zero-order valence-electron chi connectivity index (χ0n) is 18.9. The summed E-state index contributed by atoms with van der Waals surface area (Å²) in [6.45, 7) is 3.47. The Morgan fingerprint density at radius 1 is 1.06 bits per heavy atom. The zero-order chi connectivity index (χ0) is 24.2. The number of carbonyl (C=O) groups excluding carboxylic acids is 3. The third-order valence-electron chi connectivity index (χ3n) is 5.33. The Morgan fingerprint density at radius 3 is 2.30 bits per heavy atom.